The molecule has 0 radical (unpaired) electrons. The Kier molecular flexibility index (Phi) is 7.70. The molecule has 0 bridgehead atoms. The van der Waals surface area contributed by atoms with Gasteiger partial charge in [-0.2, -0.15) is 13.2 Å². The number of alkyl halides is 3. The molecular formula is C26H26ClF3N6O. The lowest BCUT2D eigenvalue weighted by atomic mass is 10.1. The minimum absolute atomic E-state index is 0.0650. The largest absolute Gasteiger partial charge is 0.416 e. The van der Waals surface area contributed by atoms with Crippen LogP contribution < -0.4 is 10.2 Å². The molecule has 0 fully saturated rings. The number of aromatic nitrogens is 3. The number of amides is 1. The number of pyridine rings is 1. The molecule has 194 valence electrons. The average Bonchev–Trinajstić information content (AvgIpc) is 3.27. The molecular weight excluding hydrogens is 505 g/mol. The van der Waals surface area contributed by atoms with Gasteiger partial charge in [0.25, 0.3) is 0 Å². The van der Waals surface area contributed by atoms with E-state index in [4.69, 9.17) is 11.6 Å². The topological polar surface area (TPSA) is 66.3 Å². The van der Waals surface area contributed by atoms with E-state index in [2.05, 4.69) is 15.3 Å². The van der Waals surface area contributed by atoms with Crippen LogP contribution in [-0.2, 0) is 17.4 Å². The maximum Gasteiger partial charge on any atom is 0.416 e. The molecule has 11 heteroatoms. The lowest BCUT2D eigenvalue weighted by molar-refractivity contribution is -0.137. The van der Waals surface area contributed by atoms with Gasteiger partial charge in [-0.1, -0.05) is 17.7 Å². The first-order valence-electron chi connectivity index (χ1n) is 11.5. The van der Waals surface area contributed by atoms with Gasteiger partial charge in [-0.05, 0) is 62.1 Å². The van der Waals surface area contributed by atoms with Gasteiger partial charge in [0.05, 0.1) is 17.7 Å². The van der Waals surface area contributed by atoms with Crippen LogP contribution in [0.3, 0.4) is 0 Å². The second-order valence-corrected chi connectivity index (χ2v) is 9.36. The lowest BCUT2D eigenvalue weighted by Crippen LogP contribution is -2.28. The molecule has 1 N–H and O–H groups in total. The van der Waals surface area contributed by atoms with Gasteiger partial charge in [-0.3, -0.25) is 9.36 Å². The zero-order valence-corrected chi connectivity index (χ0v) is 21.3. The van der Waals surface area contributed by atoms with Crippen molar-refractivity contribution in [2.75, 3.05) is 44.4 Å². The van der Waals surface area contributed by atoms with E-state index in [0.717, 1.165) is 23.3 Å². The Morgan fingerprint density at radius 1 is 1.05 bits per heavy atom. The summed E-state index contributed by atoms with van der Waals surface area (Å²) in [4.78, 5) is 25.1. The first-order chi connectivity index (χ1) is 17.5. The quantitative estimate of drug-likeness (QED) is 0.336. The highest BCUT2D eigenvalue weighted by Crippen LogP contribution is 2.34. The molecule has 0 aliphatic carbocycles. The molecule has 4 rings (SSSR count). The van der Waals surface area contributed by atoms with Crippen molar-refractivity contribution in [2.24, 2.45) is 0 Å². The van der Waals surface area contributed by atoms with E-state index in [-0.39, 0.29) is 12.1 Å². The number of nitrogens with one attached hydrogen (secondary N) is 1. The predicted molar refractivity (Wildman–Crippen MR) is 139 cm³/mol. The minimum Gasteiger partial charge on any atom is -0.373 e. The molecule has 1 amide bonds. The van der Waals surface area contributed by atoms with E-state index in [9.17, 15) is 18.0 Å². The maximum absolute atomic E-state index is 13.5. The van der Waals surface area contributed by atoms with Crippen molar-refractivity contribution in [3.05, 3.63) is 77.2 Å². The van der Waals surface area contributed by atoms with Gasteiger partial charge >= 0.3 is 6.18 Å². The highest BCUT2D eigenvalue weighted by molar-refractivity contribution is 6.31. The number of benzene rings is 2. The summed E-state index contributed by atoms with van der Waals surface area (Å²) in [6.07, 6.45) is -1.36. The van der Waals surface area contributed by atoms with Crippen molar-refractivity contribution < 1.29 is 18.0 Å². The normalized spacial score (nSPS) is 11.8. The van der Waals surface area contributed by atoms with Crippen LogP contribution in [0.2, 0.25) is 5.02 Å². The van der Waals surface area contributed by atoms with Gasteiger partial charge in [0.1, 0.15) is 11.8 Å². The third-order valence-electron chi connectivity index (χ3n) is 5.82. The third kappa shape index (κ3) is 6.39. The molecule has 7 nitrogen and oxygen atoms in total. The average molecular weight is 531 g/mol. The molecule has 0 unspecified atom stereocenters. The molecule has 0 atom stereocenters. The molecule has 2 heterocycles. The van der Waals surface area contributed by atoms with E-state index < -0.39 is 17.6 Å². The van der Waals surface area contributed by atoms with Crippen molar-refractivity contribution in [1.82, 2.24) is 19.4 Å². The van der Waals surface area contributed by atoms with Gasteiger partial charge in [-0.25, -0.2) is 9.97 Å². The minimum atomic E-state index is -4.55. The molecule has 4 aromatic rings. The number of hydrogen-bond donors (Lipinski definition) is 1. The van der Waals surface area contributed by atoms with E-state index in [1.807, 2.05) is 25.1 Å². The Morgan fingerprint density at radius 2 is 1.84 bits per heavy atom. The Bertz CT molecular complexity index is 1420. The summed E-state index contributed by atoms with van der Waals surface area (Å²) in [7, 11) is 5.49. The summed E-state index contributed by atoms with van der Waals surface area (Å²) in [5.74, 6) is -0.481. The number of rotatable bonds is 8. The summed E-state index contributed by atoms with van der Waals surface area (Å²) < 4.78 is 42.4. The Labute approximate surface area is 217 Å². The number of hydrogen-bond acceptors (Lipinski definition) is 5. The molecule has 0 saturated heterocycles. The first-order valence-corrected chi connectivity index (χ1v) is 11.8. The summed E-state index contributed by atoms with van der Waals surface area (Å²) in [5.41, 5.74) is 2.25. The molecule has 0 spiro atoms. The smallest absolute Gasteiger partial charge is 0.373 e. The Balaban J connectivity index is 1.52. The number of anilines is 2. The van der Waals surface area contributed by atoms with Crippen LogP contribution in [0.25, 0.3) is 16.9 Å². The Hall–Kier alpha value is -3.63. The van der Waals surface area contributed by atoms with Gasteiger partial charge in [0.15, 0.2) is 5.65 Å². The molecule has 0 aliphatic rings. The van der Waals surface area contributed by atoms with Crippen molar-refractivity contribution in [1.29, 1.82) is 0 Å². The summed E-state index contributed by atoms with van der Waals surface area (Å²) in [5, 5.41) is 2.94. The van der Waals surface area contributed by atoms with Crippen LogP contribution in [0.5, 0.6) is 0 Å². The number of halogens is 4. The number of carbonyl (C=O) groups is 1. The molecule has 0 aliphatic heterocycles. The standard InChI is InChI=1S/C26H26ClF3N6O/c1-34(2)9-10-35(3)21-13-18(26(28,29)30)12-19(14-21)33-24(37)11-17-6-7-20(15-22(17)27)36-16-32-23-5-4-8-31-25(23)36/h4-8,12-16H,9-11H2,1-3H3,(H,33,37). The SMILES string of the molecule is CN(C)CCN(C)c1cc(NC(=O)Cc2ccc(-n3cnc4cccnc43)cc2Cl)cc(C(F)(F)F)c1. The summed E-state index contributed by atoms with van der Waals surface area (Å²) in [6, 6.07) is 12.4. The highest BCUT2D eigenvalue weighted by Gasteiger charge is 2.31. The fourth-order valence-electron chi connectivity index (χ4n) is 3.79. The van der Waals surface area contributed by atoms with Crippen molar-refractivity contribution >= 4 is 40.0 Å². The van der Waals surface area contributed by atoms with Gasteiger partial charge in [-0.15, -0.1) is 0 Å². The van der Waals surface area contributed by atoms with Crippen molar-refractivity contribution in [3.63, 3.8) is 0 Å². The second kappa shape index (κ2) is 10.8. The number of carbonyl (C=O) groups excluding carboxylic acids is 1. The van der Waals surface area contributed by atoms with Gasteiger partial charge in [0.2, 0.25) is 5.91 Å². The van der Waals surface area contributed by atoms with Crippen LogP contribution in [0, 0.1) is 0 Å². The maximum atomic E-state index is 13.5. The van der Waals surface area contributed by atoms with Crippen LogP contribution in [0.4, 0.5) is 24.5 Å². The highest BCUT2D eigenvalue weighted by atomic mass is 35.5. The van der Waals surface area contributed by atoms with E-state index in [1.165, 1.54) is 6.07 Å². The fourth-order valence-corrected chi connectivity index (χ4v) is 4.03. The van der Waals surface area contributed by atoms with Crippen molar-refractivity contribution in [3.8, 4) is 5.69 Å². The fraction of sp³-hybridized carbons (Fsp3) is 0.269. The number of fused-ring (bicyclic) bond motifs is 1. The molecule has 0 saturated carbocycles. The number of imidazole rings is 1. The first kappa shape index (κ1) is 26.4. The zero-order valence-electron chi connectivity index (χ0n) is 20.6. The van der Waals surface area contributed by atoms with E-state index >= 15 is 0 Å². The lowest BCUT2D eigenvalue weighted by Gasteiger charge is -2.23. The van der Waals surface area contributed by atoms with Crippen LogP contribution >= 0.6 is 11.6 Å². The molecule has 37 heavy (non-hydrogen) atoms. The summed E-state index contributed by atoms with van der Waals surface area (Å²) in [6.45, 7) is 1.18. The van der Waals surface area contributed by atoms with Gasteiger partial charge < -0.3 is 15.1 Å². The Morgan fingerprint density at radius 3 is 2.54 bits per heavy atom. The van der Waals surface area contributed by atoms with Crippen LogP contribution in [-0.4, -0.2) is 59.6 Å². The number of likely N-dealkylation sites (N-methyl/N-ethyl adjacent to an activating group) is 2. The van der Waals surface area contributed by atoms with E-state index in [0.29, 0.717) is 35.0 Å². The zero-order chi connectivity index (χ0) is 26.7. The number of nitrogens with zero attached hydrogens (tertiary/aromatic N) is 5. The van der Waals surface area contributed by atoms with Crippen LogP contribution in [0.15, 0.2) is 61.1 Å². The molecule has 2 aromatic heterocycles. The monoisotopic (exact) mass is 530 g/mol. The third-order valence-corrected chi connectivity index (χ3v) is 6.18. The van der Waals surface area contributed by atoms with Crippen molar-refractivity contribution in [2.45, 2.75) is 12.6 Å². The second-order valence-electron chi connectivity index (χ2n) is 8.95. The predicted octanol–water partition coefficient (Wildman–Crippen LogP) is 5.27. The summed E-state index contributed by atoms with van der Waals surface area (Å²) >= 11 is 6.46. The van der Waals surface area contributed by atoms with E-state index in [1.54, 1.807) is 53.3 Å². The molecule has 2 aromatic carbocycles. The van der Waals surface area contributed by atoms with Gasteiger partial charge in [0, 0.05) is 42.7 Å². The van der Waals surface area contributed by atoms with Crippen LogP contribution in [0.1, 0.15) is 11.1 Å².